The summed E-state index contributed by atoms with van der Waals surface area (Å²) in [5.41, 5.74) is 0.403. The number of hydrogen-bond acceptors (Lipinski definition) is 4. The van der Waals surface area contributed by atoms with Gasteiger partial charge in [-0.25, -0.2) is 9.38 Å². The smallest absolute Gasteiger partial charge is 0.416 e. The highest BCUT2D eigenvalue weighted by Gasteiger charge is 2.34. The number of amides is 1. The number of carbonyl (C=O) groups excluding carboxylic acids is 1. The summed E-state index contributed by atoms with van der Waals surface area (Å²) < 4.78 is 59.3. The first-order valence-corrected chi connectivity index (χ1v) is 11.1. The van der Waals surface area contributed by atoms with E-state index in [2.05, 4.69) is 0 Å². The number of rotatable bonds is 1. The Morgan fingerprint density at radius 2 is 1.80 bits per heavy atom. The van der Waals surface area contributed by atoms with Crippen LogP contribution in [0.4, 0.5) is 23.2 Å². The van der Waals surface area contributed by atoms with Gasteiger partial charge in [-0.2, -0.15) is 13.2 Å². The van der Waals surface area contributed by atoms with Gasteiger partial charge in [0.25, 0.3) is 5.91 Å². The van der Waals surface area contributed by atoms with Crippen LogP contribution in [0.3, 0.4) is 0 Å². The molecule has 0 bridgehead atoms. The van der Waals surface area contributed by atoms with E-state index in [-0.39, 0.29) is 28.9 Å². The normalized spacial score (nSPS) is 17.6. The maximum atomic E-state index is 13.6. The Morgan fingerprint density at radius 1 is 1.00 bits per heavy atom. The predicted molar refractivity (Wildman–Crippen MR) is 123 cm³/mol. The minimum Gasteiger partial charge on any atom is -0.454 e. The van der Waals surface area contributed by atoms with Gasteiger partial charge in [0, 0.05) is 31.2 Å². The Morgan fingerprint density at radius 3 is 2.54 bits per heavy atom. The summed E-state index contributed by atoms with van der Waals surface area (Å²) in [7, 11) is 0. The predicted octanol–water partition coefficient (Wildman–Crippen LogP) is 5.88. The van der Waals surface area contributed by atoms with E-state index in [1.54, 1.807) is 29.2 Å². The highest BCUT2D eigenvalue weighted by atomic mass is 19.4. The van der Waals surface area contributed by atoms with Gasteiger partial charge in [-0.3, -0.25) is 4.79 Å². The molecule has 3 aromatic rings. The zero-order valence-electron chi connectivity index (χ0n) is 18.7. The summed E-state index contributed by atoms with van der Waals surface area (Å²) in [6.45, 7) is 3.14. The minimum absolute atomic E-state index is 0.0234. The number of hydrogen-bond donors (Lipinski definition) is 0. The van der Waals surface area contributed by atoms with Crippen LogP contribution in [0.2, 0.25) is 0 Å². The molecule has 0 aromatic heterocycles. The lowest BCUT2D eigenvalue weighted by atomic mass is 10.1. The molecule has 180 valence electrons. The standard InChI is InChI=1S/C26H21F4N3O2/c1-16-15-32(11-12-33(16)25(34)17-5-4-6-19(27)13-17)24-20-7-2-3-8-22(20)35-23-14-18(26(28,29)30)9-10-21(23)31-24/h2-10,13-14,16H,11-12,15H2,1H3/t16-/m1/s1. The van der Waals surface area contributed by atoms with Crippen molar-refractivity contribution in [2.24, 2.45) is 4.99 Å². The van der Waals surface area contributed by atoms with Crippen LogP contribution in [-0.4, -0.2) is 47.2 Å². The maximum absolute atomic E-state index is 13.6. The van der Waals surface area contributed by atoms with Crippen molar-refractivity contribution in [3.63, 3.8) is 0 Å². The molecular formula is C26H21F4N3O2. The molecule has 0 spiro atoms. The summed E-state index contributed by atoms with van der Waals surface area (Å²) in [4.78, 5) is 21.4. The van der Waals surface area contributed by atoms with E-state index in [1.807, 2.05) is 17.9 Å². The van der Waals surface area contributed by atoms with Crippen LogP contribution in [0.5, 0.6) is 11.5 Å². The molecular weight excluding hydrogens is 462 g/mol. The van der Waals surface area contributed by atoms with E-state index in [0.717, 1.165) is 12.1 Å². The van der Waals surface area contributed by atoms with Gasteiger partial charge in [-0.15, -0.1) is 0 Å². The van der Waals surface area contributed by atoms with Crippen molar-refractivity contribution in [1.29, 1.82) is 0 Å². The van der Waals surface area contributed by atoms with Gasteiger partial charge in [0.05, 0.1) is 11.1 Å². The molecule has 9 heteroatoms. The second-order valence-electron chi connectivity index (χ2n) is 8.52. The van der Waals surface area contributed by atoms with E-state index < -0.39 is 17.6 Å². The largest absolute Gasteiger partial charge is 0.454 e. The van der Waals surface area contributed by atoms with Crippen LogP contribution in [-0.2, 0) is 6.18 Å². The number of aliphatic imine (C=N–C) groups is 1. The van der Waals surface area contributed by atoms with Crippen molar-refractivity contribution in [2.75, 3.05) is 19.6 Å². The van der Waals surface area contributed by atoms with E-state index >= 15 is 0 Å². The number of piperazine rings is 1. The van der Waals surface area contributed by atoms with Gasteiger partial charge in [0.15, 0.2) is 5.75 Å². The molecule has 3 aromatic carbocycles. The van der Waals surface area contributed by atoms with Crippen LogP contribution >= 0.6 is 0 Å². The molecule has 1 atom stereocenters. The molecule has 0 radical (unpaired) electrons. The third kappa shape index (κ3) is 4.45. The van der Waals surface area contributed by atoms with Crippen molar-refractivity contribution in [3.05, 3.63) is 89.2 Å². The van der Waals surface area contributed by atoms with E-state index in [9.17, 15) is 22.4 Å². The highest BCUT2D eigenvalue weighted by molar-refractivity contribution is 6.04. The summed E-state index contributed by atoms with van der Waals surface area (Å²) >= 11 is 0. The van der Waals surface area contributed by atoms with Gasteiger partial charge in [0.2, 0.25) is 0 Å². The van der Waals surface area contributed by atoms with E-state index in [4.69, 9.17) is 9.73 Å². The number of alkyl halides is 3. The molecule has 2 aliphatic heterocycles. The Bertz CT molecular complexity index is 1320. The quantitative estimate of drug-likeness (QED) is 0.407. The molecule has 35 heavy (non-hydrogen) atoms. The SMILES string of the molecule is C[C@@H]1CN(C2=Nc3ccc(C(F)(F)F)cc3Oc3ccccc32)CCN1C(=O)c1cccc(F)c1. The minimum atomic E-state index is -4.50. The zero-order chi connectivity index (χ0) is 24.7. The molecule has 1 amide bonds. The van der Waals surface area contributed by atoms with Crippen molar-refractivity contribution >= 4 is 17.4 Å². The second-order valence-corrected chi connectivity index (χ2v) is 8.52. The molecule has 0 saturated carbocycles. The number of benzene rings is 3. The molecule has 0 unspecified atom stereocenters. The highest BCUT2D eigenvalue weighted by Crippen LogP contribution is 2.42. The lowest BCUT2D eigenvalue weighted by molar-refractivity contribution is -0.137. The Labute approximate surface area is 199 Å². The monoisotopic (exact) mass is 483 g/mol. The van der Waals surface area contributed by atoms with Crippen LogP contribution < -0.4 is 4.74 Å². The first-order chi connectivity index (χ1) is 16.7. The van der Waals surface area contributed by atoms with Crippen molar-refractivity contribution < 1.29 is 27.1 Å². The number of nitrogens with zero attached hydrogens (tertiary/aromatic N) is 3. The van der Waals surface area contributed by atoms with Gasteiger partial charge < -0.3 is 14.5 Å². The topological polar surface area (TPSA) is 45.1 Å². The molecule has 5 nitrogen and oxygen atoms in total. The molecule has 0 aliphatic carbocycles. The molecule has 1 saturated heterocycles. The Hall–Kier alpha value is -3.88. The van der Waals surface area contributed by atoms with Gasteiger partial charge in [-0.1, -0.05) is 18.2 Å². The number of fused-ring (bicyclic) bond motifs is 2. The first kappa shape index (κ1) is 22.9. The molecule has 0 N–H and O–H groups in total. The van der Waals surface area contributed by atoms with Crippen molar-refractivity contribution in [1.82, 2.24) is 9.80 Å². The fraction of sp³-hybridized carbons (Fsp3) is 0.231. The van der Waals surface area contributed by atoms with E-state index in [1.165, 1.54) is 24.3 Å². The summed E-state index contributed by atoms with van der Waals surface area (Å²) in [5, 5.41) is 0. The third-order valence-corrected chi connectivity index (χ3v) is 6.12. The lowest BCUT2D eigenvalue weighted by Crippen LogP contribution is -2.55. The van der Waals surface area contributed by atoms with Gasteiger partial charge in [-0.05, 0) is 55.5 Å². The molecule has 2 aliphatic rings. The second kappa shape index (κ2) is 8.72. The van der Waals surface area contributed by atoms with Crippen molar-refractivity contribution in [2.45, 2.75) is 19.1 Å². The summed E-state index contributed by atoms with van der Waals surface area (Å²) in [6.07, 6.45) is -4.50. The number of ether oxygens (including phenoxy) is 1. The number of amidine groups is 1. The summed E-state index contributed by atoms with van der Waals surface area (Å²) in [5.74, 6) is 0.251. The maximum Gasteiger partial charge on any atom is 0.416 e. The van der Waals surface area contributed by atoms with Gasteiger partial charge in [0.1, 0.15) is 23.1 Å². The first-order valence-electron chi connectivity index (χ1n) is 11.1. The van der Waals surface area contributed by atoms with Gasteiger partial charge >= 0.3 is 6.18 Å². The Balaban J connectivity index is 1.46. The number of carbonyl (C=O) groups is 1. The molecule has 2 heterocycles. The lowest BCUT2D eigenvalue weighted by Gasteiger charge is -2.41. The van der Waals surface area contributed by atoms with Crippen LogP contribution in [0, 0.1) is 5.82 Å². The molecule has 5 rings (SSSR count). The van der Waals surface area contributed by atoms with Crippen LogP contribution in [0.1, 0.15) is 28.4 Å². The van der Waals surface area contributed by atoms with Crippen molar-refractivity contribution in [3.8, 4) is 11.5 Å². The average molecular weight is 483 g/mol. The fourth-order valence-electron chi connectivity index (χ4n) is 4.38. The fourth-order valence-corrected chi connectivity index (χ4v) is 4.38. The summed E-state index contributed by atoms with van der Waals surface area (Å²) in [6, 6.07) is 15.7. The zero-order valence-corrected chi connectivity index (χ0v) is 18.7. The van der Waals surface area contributed by atoms with Crippen LogP contribution in [0.15, 0.2) is 71.7 Å². The Kier molecular flexibility index (Phi) is 5.70. The third-order valence-electron chi connectivity index (χ3n) is 6.12. The number of para-hydroxylation sites is 1. The molecule has 1 fully saturated rings. The number of halogens is 4. The average Bonchev–Trinajstić information content (AvgIpc) is 2.99. The van der Waals surface area contributed by atoms with Crippen LogP contribution in [0.25, 0.3) is 0 Å². The van der Waals surface area contributed by atoms with E-state index in [0.29, 0.717) is 36.8 Å².